The lowest BCUT2D eigenvalue weighted by Crippen LogP contribution is -2.23. The topological polar surface area (TPSA) is 54.9 Å². The van der Waals surface area contributed by atoms with Gasteiger partial charge in [0.05, 0.1) is 10.9 Å². The predicted octanol–water partition coefficient (Wildman–Crippen LogP) is 5.22. The van der Waals surface area contributed by atoms with Gasteiger partial charge in [0.2, 0.25) is 5.91 Å². The van der Waals surface area contributed by atoms with Crippen LogP contribution in [0.2, 0.25) is 5.02 Å². The Balaban J connectivity index is 1.80. The van der Waals surface area contributed by atoms with Crippen molar-refractivity contribution in [1.82, 2.24) is 9.97 Å². The molecule has 0 saturated carbocycles. The molecule has 130 valence electrons. The average Bonchev–Trinajstić information content (AvgIpc) is 2.85. The van der Waals surface area contributed by atoms with E-state index in [0.29, 0.717) is 0 Å². The summed E-state index contributed by atoms with van der Waals surface area (Å²) in [5, 5.41) is 4.16. The number of thioether (sulfide) groups is 1. The smallest absolute Gasteiger partial charge is 0.237 e. The molecule has 4 nitrogen and oxygen atoms in total. The van der Waals surface area contributed by atoms with Crippen LogP contribution in [-0.2, 0) is 4.79 Å². The Labute approximate surface area is 157 Å². The molecular formula is C17H15ClFN3OS2. The van der Waals surface area contributed by atoms with E-state index < -0.39 is 11.1 Å². The first-order valence-corrected chi connectivity index (χ1v) is 9.57. The SMILES string of the molecule is Cc1sc2ncnc(S[C@@H](C)C(=O)Nc3ccc(Cl)cc3F)c2c1C. The number of nitrogens with one attached hydrogen (secondary N) is 1. The third-order valence-electron chi connectivity index (χ3n) is 3.78. The first-order chi connectivity index (χ1) is 11.9. The van der Waals surface area contributed by atoms with Crippen molar-refractivity contribution < 1.29 is 9.18 Å². The molecule has 0 aliphatic rings. The molecule has 3 aromatic rings. The second-order valence-corrected chi connectivity index (χ2v) is 8.48. The number of aromatic nitrogens is 2. The third kappa shape index (κ3) is 3.78. The Morgan fingerprint density at radius 2 is 2.12 bits per heavy atom. The van der Waals surface area contributed by atoms with E-state index >= 15 is 0 Å². The van der Waals surface area contributed by atoms with Crippen LogP contribution >= 0.6 is 34.7 Å². The van der Waals surface area contributed by atoms with Crippen molar-refractivity contribution in [1.29, 1.82) is 0 Å². The average molecular weight is 396 g/mol. The van der Waals surface area contributed by atoms with Gasteiger partial charge in [0.15, 0.2) is 0 Å². The summed E-state index contributed by atoms with van der Waals surface area (Å²) in [6.45, 7) is 5.82. The number of rotatable bonds is 4. The lowest BCUT2D eigenvalue weighted by atomic mass is 10.2. The molecule has 0 saturated heterocycles. The molecule has 0 bridgehead atoms. The summed E-state index contributed by atoms with van der Waals surface area (Å²) >= 11 is 8.66. The number of aryl methyl sites for hydroxylation is 2. The molecule has 1 amide bonds. The highest BCUT2D eigenvalue weighted by molar-refractivity contribution is 8.00. The summed E-state index contributed by atoms with van der Waals surface area (Å²) in [5.74, 6) is -0.866. The molecule has 0 radical (unpaired) electrons. The second-order valence-electron chi connectivity index (χ2n) is 5.52. The number of fused-ring (bicyclic) bond motifs is 1. The lowest BCUT2D eigenvalue weighted by molar-refractivity contribution is -0.115. The molecular weight excluding hydrogens is 381 g/mol. The molecule has 0 aliphatic heterocycles. The van der Waals surface area contributed by atoms with Crippen LogP contribution in [-0.4, -0.2) is 21.1 Å². The number of nitrogens with zero attached hydrogens (tertiary/aromatic N) is 2. The summed E-state index contributed by atoms with van der Waals surface area (Å²) < 4.78 is 13.8. The fraction of sp³-hybridized carbons (Fsp3) is 0.235. The molecule has 0 aliphatic carbocycles. The van der Waals surface area contributed by atoms with E-state index in [2.05, 4.69) is 15.3 Å². The van der Waals surface area contributed by atoms with E-state index in [1.54, 1.807) is 18.3 Å². The van der Waals surface area contributed by atoms with Crippen molar-refractivity contribution in [3.63, 3.8) is 0 Å². The quantitative estimate of drug-likeness (QED) is 0.486. The molecule has 1 aromatic carbocycles. The Morgan fingerprint density at radius 1 is 1.36 bits per heavy atom. The van der Waals surface area contributed by atoms with E-state index in [1.165, 1.54) is 41.2 Å². The number of thiophene rings is 1. The summed E-state index contributed by atoms with van der Waals surface area (Å²) in [7, 11) is 0. The van der Waals surface area contributed by atoms with Gasteiger partial charge in [0.25, 0.3) is 0 Å². The fourth-order valence-corrected chi connectivity index (χ4v) is 4.48. The highest BCUT2D eigenvalue weighted by Gasteiger charge is 2.20. The van der Waals surface area contributed by atoms with Gasteiger partial charge in [-0.3, -0.25) is 4.79 Å². The van der Waals surface area contributed by atoms with Crippen molar-refractivity contribution in [3.8, 4) is 0 Å². The molecule has 8 heteroatoms. The van der Waals surface area contributed by atoms with Gasteiger partial charge in [-0.2, -0.15) is 0 Å². The Bertz CT molecular complexity index is 960. The van der Waals surface area contributed by atoms with E-state index in [0.717, 1.165) is 20.8 Å². The Hall–Kier alpha value is -1.70. The fourth-order valence-electron chi connectivity index (χ4n) is 2.29. The van der Waals surface area contributed by atoms with Gasteiger partial charge in [-0.1, -0.05) is 23.4 Å². The number of anilines is 1. The van der Waals surface area contributed by atoms with Crippen LogP contribution in [0.5, 0.6) is 0 Å². The van der Waals surface area contributed by atoms with Gasteiger partial charge in [0, 0.05) is 15.3 Å². The van der Waals surface area contributed by atoms with Crippen molar-refractivity contribution in [2.75, 3.05) is 5.32 Å². The minimum Gasteiger partial charge on any atom is -0.323 e. The van der Waals surface area contributed by atoms with Gasteiger partial charge in [-0.15, -0.1) is 11.3 Å². The van der Waals surface area contributed by atoms with Gasteiger partial charge in [-0.05, 0) is 44.5 Å². The molecule has 1 N–H and O–H groups in total. The number of halogens is 2. The number of hydrogen-bond acceptors (Lipinski definition) is 5. The third-order valence-corrected chi connectivity index (χ3v) is 6.23. The van der Waals surface area contributed by atoms with Gasteiger partial charge >= 0.3 is 0 Å². The zero-order chi connectivity index (χ0) is 18.1. The monoisotopic (exact) mass is 395 g/mol. The van der Waals surface area contributed by atoms with Crippen LogP contribution in [0, 0.1) is 19.7 Å². The lowest BCUT2D eigenvalue weighted by Gasteiger charge is -2.13. The number of carbonyl (C=O) groups excluding carboxylic acids is 1. The zero-order valence-corrected chi connectivity index (χ0v) is 16.2. The maximum absolute atomic E-state index is 13.8. The van der Waals surface area contributed by atoms with Crippen molar-refractivity contribution in [2.24, 2.45) is 0 Å². The summed E-state index contributed by atoms with van der Waals surface area (Å²) in [4.78, 5) is 23.1. The van der Waals surface area contributed by atoms with Crippen LogP contribution in [0.1, 0.15) is 17.4 Å². The largest absolute Gasteiger partial charge is 0.323 e. The summed E-state index contributed by atoms with van der Waals surface area (Å²) in [6.07, 6.45) is 1.50. The van der Waals surface area contributed by atoms with Gasteiger partial charge in [-0.25, -0.2) is 14.4 Å². The van der Waals surface area contributed by atoms with Crippen LogP contribution in [0.25, 0.3) is 10.2 Å². The van der Waals surface area contributed by atoms with Crippen LogP contribution < -0.4 is 5.32 Å². The van der Waals surface area contributed by atoms with Gasteiger partial charge < -0.3 is 5.32 Å². The van der Waals surface area contributed by atoms with Crippen molar-refractivity contribution >= 4 is 56.5 Å². The number of carbonyl (C=O) groups is 1. The summed E-state index contributed by atoms with van der Waals surface area (Å²) in [6, 6.07) is 4.15. The minimum absolute atomic E-state index is 0.109. The van der Waals surface area contributed by atoms with E-state index in [4.69, 9.17) is 11.6 Å². The predicted molar refractivity (Wildman–Crippen MR) is 102 cm³/mol. The van der Waals surface area contributed by atoms with Gasteiger partial charge in [0.1, 0.15) is 22.0 Å². The van der Waals surface area contributed by atoms with E-state index in [9.17, 15) is 9.18 Å². The van der Waals surface area contributed by atoms with Crippen molar-refractivity contribution in [3.05, 3.63) is 45.8 Å². The molecule has 2 aromatic heterocycles. The molecule has 1 atom stereocenters. The normalized spacial score (nSPS) is 12.4. The molecule has 25 heavy (non-hydrogen) atoms. The Kier molecular flexibility index (Phi) is 5.27. The van der Waals surface area contributed by atoms with E-state index in [1.807, 2.05) is 13.8 Å². The number of hydrogen-bond donors (Lipinski definition) is 1. The highest BCUT2D eigenvalue weighted by atomic mass is 35.5. The number of amides is 1. The first-order valence-electron chi connectivity index (χ1n) is 7.50. The highest BCUT2D eigenvalue weighted by Crippen LogP contribution is 2.36. The zero-order valence-electron chi connectivity index (χ0n) is 13.8. The molecule has 0 unspecified atom stereocenters. The van der Waals surface area contributed by atoms with Crippen LogP contribution in [0.15, 0.2) is 29.6 Å². The van der Waals surface area contributed by atoms with Crippen molar-refractivity contribution in [2.45, 2.75) is 31.0 Å². The molecule has 0 spiro atoms. The second kappa shape index (κ2) is 7.27. The molecule has 2 heterocycles. The Morgan fingerprint density at radius 3 is 2.84 bits per heavy atom. The minimum atomic E-state index is -0.563. The maximum atomic E-state index is 13.8. The molecule has 0 fully saturated rings. The van der Waals surface area contributed by atoms with Crippen LogP contribution in [0.4, 0.5) is 10.1 Å². The van der Waals surface area contributed by atoms with Crippen LogP contribution in [0.3, 0.4) is 0 Å². The first kappa shape index (κ1) is 18.1. The maximum Gasteiger partial charge on any atom is 0.237 e. The standard InChI is InChI=1S/C17H15ClFN3OS2/c1-8-9(2)24-16-14(8)17(21-7-20-16)25-10(3)15(23)22-13-5-4-11(18)6-12(13)19/h4-7,10H,1-3H3,(H,22,23)/t10-/m0/s1. The number of benzene rings is 1. The summed E-state index contributed by atoms with van der Waals surface area (Å²) in [5.41, 5.74) is 1.23. The molecule has 3 rings (SSSR count). The van der Waals surface area contributed by atoms with E-state index in [-0.39, 0.29) is 16.6 Å².